The number of sulfonamides is 1. The monoisotopic (exact) mass is 423 g/mol. The van der Waals surface area contributed by atoms with Gasteiger partial charge in [0.1, 0.15) is 11.6 Å². The van der Waals surface area contributed by atoms with Crippen molar-refractivity contribution in [3.05, 3.63) is 65.7 Å². The maximum atomic E-state index is 13.9. The lowest BCUT2D eigenvalue weighted by Gasteiger charge is -2.33. The van der Waals surface area contributed by atoms with E-state index in [0.717, 1.165) is 34.5 Å². The van der Waals surface area contributed by atoms with Crippen LogP contribution in [-0.4, -0.2) is 62.8 Å². The number of halogens is 2. The van der Waals surface area contributed by atoms with E-state index in [-0.39, 0.29) is 25.5 Å². The molecule has 1 fully saturated rings. The van der Waals surface area contributed by atoms with Gasteiger partial charge in [-0.3, -0.25) is 9.69 Å². The molecule has 0 bridgehead atoms. The van der Waals surface area contributed by atoms with Gasteiger partial charge in [-0.1, -0.05) is 36.4 Å². The van der Waals surface area contributed by atoms with Gasteiger partial charge in [0, 0.05) is 32.7 Å². The van der Waals surface area contributed by atoms with E-state index >= 15 is 0 Å². The molecule has 0 unspecified atom stereocenters. The van der Waals surface area contributed by atoms with E-state index in [4.69, 9.17) is 0 Å². The van der Waals surface area contributed by atoms with Crippen LogP contribution in [0.5, 0.6) is 0 Å². The minimum atomic E-state index is -4.26. The van der Waals surface area contributed by atoms with Gasteiger partial charge >= 0.3 is 0 Å². The highest BCUT2D eigenvalue weighted by atomic mass is 32.2. The van der Waals surface area contributed by atoms with Gasteiger partial charge in [-0.05, 0) is 24.1 Å². The third-order valence-corrected chi connectivity index (χ3v) is 6.74. The Kier molecular flexibility index (Phi) is 6.94. The van der Waals surface area contributed by atoms with Crippen LogP contribution in [-0.2, 0) is 21.2 Å². The highest BCUT2D eigenvalue weighted by molar-refractivity contribution is 7.89. The number of hydrogen-bond acceptors (Lipinski definition) is 4. The number of nitrogens with zero attached hydrogens (tertiary/aromatic N) is 2. The normalized spacial score (nSPS) is 15.9. The van der Waals surface area contributed by atoms with E-state index in [1.165, 1.54) is 0 Å². The average molecular weight is 423 g/mol. The second-order valence-electron chi connectivity index (χ2n) is 6.82. The van der Waals surface area contributed by atoms with E-state index < -0.39 is 26.6 Å². The zero-order valence-electron chi connectivity index (χ0n) is 15.9. The Morgan fingerprint density at radius 2 is 1.55 bits per heavy atom. The topological polar surface area (TPSA) is 69.7 Å². The first-order valence-corrected chi connectivity index (χ1v) is 10.8. The highest BCUT2D eigenvalue weighted by Gasteiger charge is 2.33. The number of benzene rings is 2. The number of carbonyl (C=O) groups is 1. The van der Waals surface area contributed by atoms with Crippen LogP contribution >= 0.6 is 0 Å². The van der Waals surface area contributed by atoms with Crippen molar-refractivity contribution >= 4 is 15.9 Å². The second kappa shape index (κ2) is 9.43. The molecule has 1 aliphatic rings. The number of carbonyl (C=O) groups excluding carboxylic acids is 1. The molecular formula is C20H23F2N3O3S. The number of amides is 1. The molecule has 156 valence electrons. The van der Waals surface area contributed by atoms with Gasteiger partial charge < -0.3 is 5.32 Å². The van der Waals surface area contributed by atoms with Crippen LogP contribution in [0.25, 0.3) is 0 Å². The molecule has 0 spiro atoms. The van der Waals surface area contributed by atoms with Crippen LogP contribution in [0, 0.1) is 11.6 Å². The van der Waals surface area contributed by atoms with Crippen molar-refractivity contribution in [1.29, 1.82) is 0 Å². The van der Waals surface area contributed by atoms with Crippen molar-refractivity contribution in [3.63, 3.8) is 0 Å². The van der Waals surface area contributed by atoms with Gasteiger partial charge in [0.05, 0.1) is 6.54 Å². The Labute approximate surface area is 169 Å². The molecule has 2 aromatic rings. The summed E-state index contributed by atoms with van der Waals surface area (Å²) in [7, 11) is -4.26. The minimum absolute atomic E-state index is 0.0629. The van der Waals surface area contributed by atoms with Crippen LogP contribution in [0.2, 0.25) is 0 Å². The summed E-state index contributed by atoms with van der Waals surface area (Å²) in [4.78, 5) is 13.0. The van der Waals surface area contributed by atoms with Crippen molar-refractivity contribution in [1.82, 2.24) is 14.5 Å². The summed E-state index contributed by atoms with van der Waals surface area (Å²) in [5.74, 6) is -2.35. The zero-order chi connectivity index (χ0) is 20.9. The maximum absolute atomic E-state index is 13.9. The second-order valence-corrected chi connectivity index (χ2v) is 8.69. The Balaban J connectivity index is 1.48. The van der Waals surface area contributed by atoms with Crippen molar-refractivity contribution in [2.24, 2.45) is 0 Å². The standard InChI is InChI=1S/C20H23F2N3O3S/c21-17-7-4-8-18(22)20(17)29(27,28)25-13-11-24(12-14-25)15-19(26)23-10-9-16-5-2-1-3-6-16/h1-8H,9-15H2,(H,23,26). The maximum Gasteiger partial charge on any atom is 0.249 e. The first-order valence-electron chi connectivity index (χ1n) is 9.35. The predicted molar refractivity (Wildman–Crippen MR) is 105 cm³/mol. The molecule has 0 aliphatic carbocycles. The third kappa shape index (κ3) is 5.37. The summed E-state index contributed by atoms with van der Waals surface area (Å²) in [5, 5.41) is 2.85. The molecule has 1 aliphatic heterocycles. The molecule has 6 nitrogen and oxygen atoms in total. The highest BCUT2D eigenvalue weighted by Crippen LogP contribution is 2.23. The SMILES string of the molecule is O=C(CN1CCN(S(=O)(=O)c2c(F)cccc2F)CC1)NCCc1ccccc1. The summed E-state index contributed by atoms with van der Waals surface area (Å²) in [6.07, 6.45) is 0.729. The number of piperazine rings is 1. The van der Waals surface area contributed by atoms with Crippen molar-refractivity contribution in [2.45, 2.75) is 11.3 Å². The Morgan fingerprint density at radius 3 is 2.17 bits per heavy atom. The first kappa shape index (κ1) is 21.4. The lowest BCUT2D eigenvalue weighted by atomic mass is 10.1. The van der Waals surface area contributed by atoms with E-state index in [9.17, 15) is 22.0 Å². The largest absolute Gasteiger partial charge is 0.355 e. The fourth-order valence-electron chi connectivity index (χ4n) is 3.24. The van der Waals surface area contributed by atoms with Gasteiger partial charge in [-0.15, -0.1) is 0 Å². The molecule has 1 heterocycles. The third-order valence-electron chi connectivity index (χ3n) is 4.79. The molecule has 9 heteroatoms. The van der Waals surface area contributed by atoms with Gasteiger partial charge in [0.2, 0.25) is 15.9 Å². The zero-order valence-corrected chi connectivity index (χ0v) is 16.7. The average Bonchev–Trinajstić information content (AvgIpc) is 2.69. The van der Waals surface area contributed by atoms with Gasteiger partial charge in [0.15, 0.2) is 4.90 Å². The predicted octanol–water partition coefficient (Wildman–Crippen LogP) is 1.63. The number of rotatable bonds is 7. The van der Waals surface area contributed by atoms with Crippen molar-refractivity contribution in [2.75, 3.05) is 39.3 Å². The number of nitrogens with one attached hydrogen (secondary N) is 1. The van der Waals surface area contributed by atoms with Crippen molar-refractivity contribution in [3.8, 4) is 0 Å². The molecule has 2 aromatic carbocycles. The molecule has 0 aromatic heterocycles. The molecule has 3 rings (SSSR count). The van der Waals surface area contributed by atoms with Gasteiger partial charge in [-0.25, -0.2) is 17.2 Å². The van der Waals surface area contributed by atoms with E-state index in [1.54, 1.807) is 0 Å². The molecule has 0 radical (unpaired) electrons. The Hall–Kier alpha value is -2.36. The minimum Gasteiger partial charge on any atom is -0.355 e. The summed E-state index contributed by atoms with van der Waals surface area (Å²) in [6.45, 7) is 1.41. The first-order chi connectivity index (χ1) is 13.9. The van der Waals surface area contributed by atoms with Crippen molar-refractivity contribution < 1.29 is 22.0 Å². The van der Waals surface area contributed by atoms with E-state index in [2.05, 4.69) is 5.32 Å². The van der Waals surface area contributed by atoms with Crippen LogP contribution < -0.4 is 5.32 Å². The fraction of sp³-hybridized carbons (Fsp3) is 0.350. The smallest absolute Gasteiger partial charge is 0.249 e. The number of hydrogen-bond donors (Lipinski definition) is 1. The van der Waals surface area contributed by atoms with Crippen LogP contribution in [0.1, 0.15) is 5.56 Å². The van der Waals surface area contributed by atoms with Gasteiger partial charge in [-0.2, -0.15) is 4.31 Å². The fourth-order valence-corrected chi connectivity index (χ4v) is 4.77. The summed E-state index contributed by atoms with van der Waals surface area (Å²) in [6, 6.07) is 12.8. The van der Waals surface area contributed by atoms with Crippen LogP contribution in [0.3, 0.4) is 0 Å². The molecule has 29 heavy (non-hydrogen) atoms. The van der Waals surface area contributed by atoms with Gasteiger partial charge in [0.25, 0.3) is 0 Å². The summed E-state index contributed by atoms with van der Waals surface area (Å²) < 4.78 is 54.0. The van der Waals surface area contributed by atoms with E-state index in [0.29, 0.717) is 19.6 Å². The van der Waals surface area contributed by atoms with Crippen LogP contribution in [0.15, 0.2) is 53.4 Å². The molecular weight excluding hydrogens is 400 g/mol. The summed E-state index contributed by atoms with van der Waals surface area (Å²) in [5.41, 5.74) is 1.13. The molecule has 1 saturated heterocycles. The van der Waals surface area contributed by atoms with Crippen LogP contribution in [0.4, 0.5) is 8.78 Å². The molecule has 0 saturated carbocycles. The molecule has 1 N–H and O–H groups in total. The quantitative estimate of drug-likeness (QED) is 0.735. The molecule has 0 atom stereocenters. The Bertz CT molecular complexity index is 926. The Morgan fingerprint density at radius 1 is 0.931 bits per heavy atom. The lowest BCUT2D eigenvalue weighted by Crippen LogP contribution is -2.51. The lowest BCUT2D eigenvalue weighted by molar-refractivity contribution is -0.122. The molecule has 1 amide bonds. The summed E-state index contributed by atoms with van der Waals surface area (Å²) >= 11 is 0. The van der Waals surface area contributed by atoms with E-state index in [1.807, 2.05) is 35.2 Å².